The van der Waals surface area contributed by atoms with Crippen molar-refractivity contribution in [3.63, 3.8) is 0 Å². The summed E-state index contributed by atoms with van der Waals surface area (Å²) in [6.45, 7) is 4.71. The summed E-state index contributed by atoms with van der Waals surface area (Å²) in [5.74, 6) is 0.122. The largest absolute Gasteiger partial charge is 0.367 e. The third-order valence-electron chi connectivity index (χ3n) is 2.89. The normalized spacial score (nSPS) is 10.2. The second kappa shape index (κ2) is 6.78. The highest BCUT2D eigenvalue weighted by atomic mass is 19.1. The van der Waals surface area contributed by atoms with Gasteiger partial charge in [-0.25, -0.2) is 9.37 Å². The Morgan fingerprint density at radius 1 is 1.19 bits per heavy atom. The minimum atomic E-state index is -0.360. The van der Waals surface area contributed by atoms with Gasteiger partial charge in [-0.3, -0.25) is 9.78 Å². The lowest BCUT2D eigenvalue weighted by Gasteiger charge is -2.09. The van der Waals surface area contributed by atoms with Gasteiger partial charge in [-0.2, -0.15) is 0 Å². The number of benzene rings is 1. The number of carbonyl (C=O) groups is 1. The first-order chi connectivity index (χ1) is 10.1. The number of aromatic nitrogens is 2. The topological polar surface area (TPSA) is 66.9 Å². The molecule has 5 nitrogen and oxygen atoms in total. The number of rotatable bonds is 5. The molecule has 6 heteroatoms. The Bertz CT molecular complexity index is 628. The Hall–Kier alpha value is -2.50. The summed E-state index contributed by atoms with van der Waals surface area (Å²) >= 11 is 0. The lowest BCUT2D eigenvalue weighted by Crippen LogP contribution is -2.29. The van der Waals surface area contributed by atoms with E-state index in [-0.39, 0.29) is 11.7 Å². The molecule has 0 saturated heterocycles. The van der Waals surface area contributed by atoms with E-state index in [1.807, 2.05) is 13.8 Å². The van der Waals surface area contributed by atoms with Gasteiger partial charge in [0.05, 0.1) is 11.4 Å². The number of carbonyl (C=O) groups excluding carboxylic acids is 1. The summed E-state index contributed by atoms with van der Waals surface area (Å²) in [7, 11) is 0. The van der Waals surface area contributed by atoms with Crippen molar-refractivity contribution < 1.29 is 9.18 Å². The molecule has 0 radical (unpaired) electrons. The molecule has 21 heavy (non-hydrogen) atoms. The monoisotopic (exact) mass is 288 g/mol. The predicted octanol–water partition coefficient (Wildman–Crippen LogP) is 2.07. The third-order valence-corrected chi connectivity index (χ3v) is 2.89. The van der Waals surface area contributed by atoms with Crippen LogP contribution in [0.2, 0.25) is 0 Å². The Kier molecular flexibility index (Phi) is 4.81. The molecule has 2 N–H and O–H groups in total. The zero-order valence-electron chi connectivity index (χ0n) is 12.0. The van der Waals surface area contributed by atoms with Crippen molar-refractivity contribution in [2.45, 2.75) is 13.8 Å². The summed E-state index contributed by atoms with van der Waals surface area (Å²) in [5, 5.41) is 5.87. The first-order valence-corrected chi connectivity index (χ1v) is 6.64. The summed E-state index contributed by atoms with van der Waals surface area (Å²) in [6, 6.07) is 5.43. The maximum Gasteiger partial charge on any atom is 0.251 e. The molecule has 0 saturated carbocycles. The summed E-state index contributed by atoms with van der Waals surface area (Å²) in [6.07, 6.45) is 1.71. The molecule has 0 unspecified atom stereocenters. The lowest BCUT2D eigenvalue weighted by atomic mass is 10.2. The molecule has 2 rings (SSSR count). The molecule has 0 aliphatic carbocycles. The van der Waals surface area contributed by atoms with Crippen LogP contribution in [0, 0.1) is 19.7 Å². The van der Waals surface area contributed by atoms with E-state index in [0.717, 1.165) is 11.4 Å². The van der Waals surface area contributed by atoms with Gasteiger partial charge < -0.3 is 10.6 Å². The molecule has 1 aromatic carbocycles. The van der Waals surface area contributed by atoms with Crippen molar-refractivity contribution in [2.75, 3.05) is 18.4 Å². The smallest absolute Gasteiger partial charge is 0.251 e. The maximum absolute atomic E-state index is 12.8. The standard InChI is InChI=1S/C15H17FN4O/c1-10-9-19-11(2)14(20-10)17-7-8-18-15(21)12-3-5-13(16)6-4-12/h3-6,9H,7-8H2,1-2H3,(H,17,20)(H,18,21). The van der Waals surface area contributed by atoms with Crippen LogP contribution in [-0.2, 0) is 0 Å². The molecule has 1 amide bonds. The highest BCUT2D eigenvalue weighted by Gasteiger charge is 2.05. The van der Waals surface area contributed by atoms with E-state index >= 15 is 0 Å². The van der Waals surface area contributed by atoms with Crippen LogP contribution in [-0.4, -0.2) is 29.0 Å². The van der Waals surface area contributed by atoms with E-state index in [1.54, 1.807) is 6.20 Å². The van der Waals surface area contributed by atoms with Crippen LogP contribution >= 0.6 is 0 Å². The Balaban J connectivity index is 1.80. The van der Waals surface area contributed by atoms with Gasteiger partial charge in [0.1, 0.15) is 11.6 Å². The average molecular weight is 288 g/mol. The summed E-state index contributed by atoms with van der Waals surface area (Å²) < 4.78 is 12.8. The van der Waals surface area contributed by atoms with Crippen molar-refractivity contribution in [1.82, 2.24) is 15.3 Å². The Labute approximate surface area is 122 Å². The van der Waals surface area contributed by atoms with Crippen molar-refractivity contribution in [1.29, 1.82) is 0 Å². The number of halogens is 1. The molecular weight excluding hydrogens is 271 g/mol. The van der Waals surface area contributed by atoms with Crippen LogP contribution < -0.4 is 10.6 Å². The molecule has 0 fully saturated rings. The van der Waals surface area contributed by atoms with E-state index in [4.69, 9.17) is 0 Å². The van der Waals surface area contributed by atoms with Crippen molar-refractivity contribution in [3.05, 3.63) is 53.2 Å². The highest BCUT2D eigenvalue weighted by molar-refractivity contribution is 5.94. The zero-order valence-corrected chi connectivity index (χ0v) is 12.0. The average Bonchev–Trinajstić information content (AvgIpc) is 2.47. The summed E-state index contributed by atoms with van der Waals surface area (Å²) in [4.78, 5) is 20.3. The van der Waals surface area contributed by atoms with Crippen molar-refractivity contribution in [2.24, 2.45) is 0 Å². The molecule has 0 atom stereocenters. The van der Waals surface area contributed by atoms with Gasteiger partial charge in [0.15, 0.2) is 0 Å². The first-order valence-electron chi connectivity index (χ1n) is 6.64. The maximum atomic E-state index is 12.8. The number of amides is 1. The van der Waals surface area contributed by atoms with Gasteiger partial charge in [-0.1, -0.05) is 0 Å². The summed E-state index contributed by atoms with van der Waals surface area (Å²) in [5.41, 5.74) is 2.08. The number of aryl methyl sites for hydroxylation is 2. The number of hydrogen-bond donors (Lipinski definition) is 2. The minimum absolute atomic E-state index is 0.233. The van der Waals surface area contributed by atoms with Gasteiger partial charge in [-0.15, -0.1) is 0 Å². The van der Waals surface area contributed by atoms with Crippen LogP contribution in [0.5, 0.6) is 0 Å². The lowest BCUT2D eigenvalue weighted by molar-refractivity contribution is 0.0955. The van der Waals surface area contributed by atoms with Gasteiger partial charge in [0.2, 0.25) is 0 Å². The van der Waals surface area contributed by atoms with Crippen LogP contribution in [0.3, 0.4) is 0 Å². The van der Waals surface area contributed by atoms with Crippen LogP contribution in [0.1, 0.15) is 21.7 Å². The fraction of sp³-hybridized carbons (Fsp3) is 0.267. The van der Waals surface area contributed by atoms with Gasteiger partial charge >= 0.3 is 0 Å². The second-order valence-corrected chi connectivity index (χ2v) is 4.63. The fourth-order valence-corrected chi connectivity index (χ4v) is 1.77. The molecule has 1 aromatic heterocycles. The van der Waals surface area contributed by atoms with Crippen LogP contribution in [0.25, 0.3) is 0 Å². The minimum Gasteiger partial charge on any atom is -0.367 e. The number of nitrogens with zero attached hydrogens (tertiary/aromatic N) is 2. The second-order valence-electron chi connectivity index (χ2n) is 4.63. The molecular formula is C15H17FN4O. The zero-order chi connectivity index (χ0) is 15.2. The number of anilines is 1. The van der Waals surface area contributed by atoms with Gasteiger partial charge in [-0.05, 0) is 38.1 Å². The Morgan fingerprint density at radius 3 is 2.62 bits per heavy atom. The molecule has 0 aliphatic heterocycles. The number of nitrogens with one attached hydrogen (secondary N) is 2. The predicted molar refractivity (Wildman–Crippen MR) is 78.7 cm³/mol. The molecule has 2 aromatic rings. The van der Waals surface area contributed by atoms with Crippen molar-refractivity contribution in [3.8, 4) is 0 Å². The van der Waals surface area contributed by atoms with Crippen LogP contribution in [0.15, 0.2) is 30.5 Å². The fourth-order valence-electron chi connectivity index (χ4n) is 1.77. The molecule has 0 bridgehead atoms. The Morgan fingerprint density at radius 2 is 1.90 bits per heavy atom. The first kappa shape index (κ1) is 14.9. The van der Waals surface area contributed by atoms with Gasteiger partial charge in [0, 0.05) is 24.8 Å². The highest BCUT2D eigenvalue weighted by Crippen LogP contribution is 2.07. The van der Waals surface area contributed by atoms with Crippen LogP contribution in [0.4, 0.5) is 10.2 Å². The van der Waals surface area contributed by atoms with E-state index in [9.17, 15) is 9.18 Å². The molecule has 0 spiro atoms. The van der Waals surface area contributed by atoms with E-state index in [0.29, 0.717) is 24.5 Å². The van der Waals surface area contributed by atoms with Gasteiger partial charge in [0.25, 0.3) is 5.91 Å². The molecule has 1 heterocycles. The molecule has 110 valence electrons. The van der Waals surface area contributed by atoms with E-state index < -0.39 is 0 Å². The molecule has 0 aliphatic rings. The van der Waals surface area contributed by atoms with E-state index in [2.05, 4.69) is 20.6 Å². The SMILES string of the molecule is Cc1cnc(C)c(NCCNC(=O)c2ccc(F)cc2)n1. The van der Waals surface area contributed by atoms with E-state index in [1.165, 1.54) is 24.3 Å². The number of hydrogen-bond acceptors (Lipinski definition) is 4. The third kappa shape index (κ3) is 4.24. The quantitative estimate of drug-likeness (QED) is 0.827. The van der Waals surface area contributed by atoms with Crippen molar-refractivity contribution >= 4 is 11.7 Å².